The Balaban J connectivity index is 1.60. The van der Waals surface area contributed by atoms with E-state index in [1.165, 1.54) is 0 Å². The number of hydrogen-bond acceptors (Lipinski definition) is 3. The van der Waals surface area contributed by atoms with Crippen molar-refractivity contribution in [2.45, 2.75) is 20.0 Å². The van der Waals surface area contributed by atoms with Gasteiger partial charge in [-0.1, -0.05) is 65.7 Å². The normalized spacial score (nSPS) is 10.3. The summed E-state index contributed by atoms with van der Waals surface area (Å²) < 4.78 is 0. The maximum Gasteiger partial charge on any atom is 0.313 e. The average molecular weight is 436 g/mol. The van der Waals surface area contributed by atoms with Crippen LogP contribution in [0.5, 0.6) is 0 Å². The van der Waals surface area contributed by atoms with E-state index in [1.807, 2.05) is 31.2 Å². The van der Waals surface area contributed by atoms with Gasteiger partial charge in [-0.05, 0) is 42.3 Å². The molecule has 31 heavy (non-hydrogen) atoms. The number of carbonyl (C=O) groups is 3. The highest BCUT2D eigenvalue weighted by Gasteiger charge is 2.17. The Morgan fingerprint density at radius 1 is 0.774 bits per heavy atom. The molecule has 158 valence electrons. The third-order valence-electron chi connectivity index (χ3n) is 4.50. The number of benzene rings is 3. The van der Waals surface area contributed by atoms with Crippen molar-refractivity contribution in [2.75, 3.05) is 5.32 Å². The van der Waals surface area contributed by atoms with Gasteiger partial charge < -0.3 is 16.0 Å². The van der Waals surface area contributed by atoms with Crippen molar-refractivity contribution in [1.29, 1.82) is 0 Å². The smallest absolute Gasteiger partial charge is 0.313 e. The third-order valence-corrected chi connectivity index (χ3v) is 4.74. The summed E-state index contributed by atoms with van der Waals surface area (Å²) >= 11 is 5.92. The molecule has 3 N–H and O–H groups in total. The molecule has 0 unspecified atom stereocenters. The number of amides is 3. The molecule has 3 rings (SSSR count). The number of para-hydroxylation sites is 1. The van der Waals surface area contributed by atoms with Gasteiger partial charge in [0.2, 0.25) is 0 Å². The zero-order valence-electron chi connectivity index (χ0n) is 16.9. The second kappa shape index (κ2) is 10.4. The Bertz CT molecular complexity index is 1110. The summed E-state index contributed by atoms with van der Waals surface area (Å²) in [7, 11) is 0. The van der Waals surface area contributed by atoms with Crippen LogP contribution in [0.2, 0.25) is 5.02 Å². The third kappa shape index (κ3) is 6.42. The van der Waals surface area contributed by atoms with Crippen LogP contribution in [0, 0.1) is 6.92 Å². The molecular formula is C24H22ClN3O3. The van der Waals surface area contributed by atoms with Crippen LogP contribution in [0.3, 0.4) is 0 Å². The predicted molar refractivity (Wildman–Crippen MR) is 121 cm³/mol. The fourth-order valence-corrected chi connectivity index (χ4v) is 3.19. The summed E-state index contributed by atoms with van der Waals surface area (Å²) in [5, 5.41) is 8.42. The second-order valence-corrected chi connectivity index (χ2v) is 7.42. The minimum absolute atomic E-state index is 0.158. The van der Waals surface area contributed by atoms with Crippen LogP contribution in [0.1, 0.15) is 27.0 Å². The number of anilines is 1. The molecule has 0 aliphatic heterocycles. The van der Waals surface area contributed by atoms with Crippen LogP contribution in [-0.2, 0) is 22.7 Å². The van der Waals surface area contributed by atoms with Crippen LogP contribution in [-0.4, -0.2) is 17.7 Å². The minimum Gasteiger partial charge on any atom is -0.348 e. The molecule has 0 aliphatic carbocycles. The topological polar surface area (TPSA) is 87.3 Å². The minimum atomic E-state index is -0.860. The number of halogens is 1. The van der Waals surface area contributed by atoms with Gasteiger partial charge in [-0.25, -0.2) is 0 Å². The van der Waals surface area contributed by atoms with Crippen LogP contribution in [0.4, 0.5) is 5.69 Å². The fraction of sp³-hybridized carbons (Fsp3) is 0.125. The van der Waals surface area contributed by atoms with E-state index in [0.717, 1.165) is 16.7 Å². The monoisotopic (exact) mass is 435 g/mol. The Kier molecular flexibility index (Phi) is 7.40. The van der Waals surface area contributed by atoms with Crippen LogP contribution in [0.25, 0.3) is 0 Å². The predicted octanol–water partition coefficient (Wildman–Crippen LogP) is 3.83. The van der Waals surface area contributed by atoms with E-state index in [1.54, 1.807) is 48.5 Å². The van der Waals surface area contributed by atoms with E-state index in [-0.39, 0.29) is 23.7 Å². The highest BCUT2D eigenvalue weighted by Crippen LogP contribution is 2.15. The number of hydrogen-bond donors (Lipinski definition) is 3. The highest BCUT2D eigenvalue weighted by atomic mass is 35.5. The largest absolute Gasteiger partial charge is 0.348 e. The first-order valence-corrected chi connectivity index (χ1v) is 10.1. The number of rotatable bonds is 6. The number of carbonyl (C=O) groups excluding carboxylic acids is 3. The van der Waals surface area contributed by atoms with Gasteiger partial charge in [0.1, 0.15) is 0 Å². The maximum absolute atomic E-state index is 12.6. The molecule has 0 aliphatic rings. The van der Waals surface area contributed by atoms with Gasteiger partial charge in [0, 0.05) is 18.1 Å². The summed E-state index contributed by atoms with van der Waals surface area (Å²) in [5.41, 5.74) is 3.36. The lowest BCUT2D eigenvalue weighted by Gasteiger charge is -2.12. The molecule has 0 saturated heterocycles. The molecular weight excluding hydrogens is 414 g/mol. The second-order valence-electron chi connectivity index (χ2n) is 6.98. The zero-order valence-corrected chi connectivity index (χ0v) is 17.7. The molecule has 0 heterocycles. The van der Waals surface area contributed by atoms with E-state index in [9.17, 15) is 14.4 Å². The number of aryl methyl sites for hydroxylation is 1. The average Bonchev–Trinajstić information content (AvgIpc) is 2.76. The van der Waals surface area contributed by atoms with Gasteiger partial charge in [-0.2, -0.15) is 0 Å². The van der Waals surface area contributed by atoms with Gasteiger partial charge in [0.05, 0.1) is 11.3 Å². The summed E-state index contributed by atoms with van der Waals surface area (Å²) in [5.74, 6) is -2.02. The first-order chi connectivity index (χ1) is 14.9. The number of nitrogens with one attached hydrogen (secondary N) is 3. The molecule has 3 aromatic carbocycles. The molecule has 6 nitrogen and oxygen atoms in total. The van der Waals surface area contributed by atoms with Gasteiger partial charge in [-0.3, -0.25) is 14.4 Å². The molecule has 0 radical (unpaired) electrons. The Labute approximate surface area is 185 Å². The van der Waals surface area contributed by atoms with Crippen LogP contribution >= 0.6 is 11.6 Å². The molecule has 7 heteroatoms. The van der Waals surface area contributed by atoms with Crippen LogP contribution < -0.4 is 16.0 Å². The first kappa shape index (κ1) is 22.1. The lowest BCUT2D eigenvalue weighted by molar-refractivity contribution is -0.136. The van der Waals surface area contributed by atoms with E-state index in [2.05, 4.69) is 16.0 Å². The van der Waals surface area contributed by atoms with Crippen molar-refractivity contribution in [3.63, 3.8) is 0 Å². The summed E-state index contributed by atoms with van der Waals surface area (Å²) in [4.78, 5) is 37.1. The van der Waals surface area contributed by atoms with E-state index in [4.69, 9.17) is 11.6 Å². The summed E-state index contributed by atoms with van der Waals surface area (Å²) in [6.45, 7) is 2.49. The Hall–Kier alpha value is -3.64. The first-order valence-electron chi connectivity index (χ1n) is 9.69. The summed E-state index contributed by atoms with van der Waals surface area (Å²) in [6.07, 6.45) is 0. The zero-order chi connectivity index (χ0) is 22.2. The lowest BCUT2D eigenvalue weighted by Crippen LogP contribution is -2.35. The van der Waals surface area contributed by atoms with Gasteiger partial charge in [0.25, 0.3) is 5.91 Å². The van der Waals surface area contributed by atoms with E-state index in [0.29, 0.717) is 11.6 Å². The van der Waals surface area contributed by atoms with Crippen molar-refractivity contribution >= 4 is 35.0 Å². The van der Waals surface area contributed by atoms with Gasteiger partial charge >= 0.3 is 11.8 Å². The van der Waals surface area contributed by atoms with E-state index >= 15 is 0 Å². The molecule has 3 aromatic rings. The Morgan fingerprint density at radius 2 is 1.45 bits per heavy atom. The van der Waals surface area contributed by atoms with E-state index < -0.39 is 11.8 Å². The molecule has 0 saturated carbocycles. The molecule has 0 bridgehead atoms. The van der Waals surface area contributed by atoms with Crippen molar-refractivity contribution in [1.82, 2.24) is 10.6 Å². The molecule has 3 amide bonds. The molecule has 0 aromatic heterocycles. The van der Waals surface area contributed by atoms with Gasteiger partial charge in [0.15, 0.2) is 0 Å². The Morgan fingerprint density at radius 3 is 2.19 bits per heavy atom. The van der Waals surface area contributed by atoms with Crippen molar-refractivity contribution in [3.8, 4) is 0 Å². The SMILES string of the molecule is Cc1cccc(CNC(=O)c2ccccc2NC(=O)C(=O)NCc2cccc(Cl)c2)c1. The van der Waals surface area contributed by atoms with Crippen molar-refractivity contribution in [3.05, 3.63) is 100 Å². The molecule has 0 spiro atoms. The van der Waals surface area contributed by atoms with Crippen molar-refractivity contribution in [2.24, 2.45) is 0 Å². The molecule has 0 fully saturated rings. The van der Waals surface area contributed by atoms with Gasteiger partial charge in [-0.15, -0.1) is 0 Å². The molecule has 0 atom stereocenters. The lowest BCUT2D eigenvalue weighted by atomic mass is 10.1. The maximum atomic E-state index is 12.6. The quantitative estimate of drug-likeness (QED) is 0.514. The van der Waals surface area contributed by atoms with Crippen LogP contribution in [0.15, 0.2) is 72.8 Å². The standard InChI is InChI=1S/C24H22ClN3O3/c1-16-6-4-7-17(12-16)14-26-22(29)20-10-2-3-11-21(20)28-24(31)23(30)27-15-18-8-5-9-19(25)13-18/h2-13H,14-15H2,1H3,(H,26,29)(H,27,30)(H,28,31). The fourth-order valence-electron chi connectivity index (χ4n) is 2.98. The van der Waals surface area contributed by atoms with Crippen molar-refractivity contribution < 1.29 is 14.4 Å². The summed E-state index contributed by atoms with van der Waals surface area (Å²) in [6, 6.07) is 21.3. The highest BCUT2D eigenvalue weighted by molar-refractivity contribution is 6.40.